The first-order valence-electron chi connectivity index (χ1n) is 4.26. The summed E-state index contributed by atoms with van der Waals surface area (Å²) in [6.45, 7) is 1.84. The maximum atomic E-state index is 10.5. The van der Waals surface area contributed by atoms with Gasteiger partial charge in [-0.05, 0) is 6.92 Å². The SMILES string of the molecule is CC(O)CO.O=C1CCN(C(=O)O)C1. The Hall–Kier alpha value is -1.14. The molecule has 0 aromatic carbocycles. The summed E-state index contributed by atoms with van der Waals surface area (Å²) in [6.07, 6.45) is -1.18. The second-order valence-electron chi connectivity index (χ2n) is 3.02. The zero-order chi connectivity index (χ0) is 11.1. The number of aliphatic hydroxyl groups is 2. The molecule has 1 aliphatic rings. The van der Waals surface area contributed by atoms with Crippen molar-refractivity contribution in [1.29, 1.82) is 0 Å². The minimum Gasteiger partial charge on any atom is -0.465 e. The molecular weight excluding hydrogens is 190 g/mol. The van der Waals surface area contributed by atoms with Crippen LogP contribution in [0.25, 0.3) is 0 Å². The van der Waals surface area contributed by atoms with E-state index in [4.69, 9.17) is 15.3 Å². The molecule has 1 heterocycles. The van der Waals surface area contributed by atoms with Crippen LogP contribution in [0, 0.1) is 0 Å². The van der Waals surface area contributed by atoms with Gasteiger partial charge in [0, 0.05) is 13.0 Å². The van der Waals surface area contributed by atoms with Gasteiger partial charge in [0.15, 0.2) is 5.78 Å². The summed E-state index contributed by atoms with van der Waals surface area (Å²) in [7, 11) is 0. The number of hydrogen-bond acceptors (Lipinski definition) is 4. The third-order valence-corrected chi connectivity index (χ3v) is 1.56. The Labute approximate surface area is 81.8 Å². The summed E-state index contributed by atoms with van der Waals surface area (Å²) in [5.41, 5.74) is 0. The molecule has 0 saturated carbocycles. The Morgan fingerprint density at radius 1 is 1.64 bits per heavy atom. The lowest BCUT2D eigenvalue weighted by Crippen LogP contribution is -2.26. The fourth-order valence-electron chi connectivity index (χ4n) is 0.794. The van der Waals surface area contributed by atoms with Crippen molar-refractivity contribution >= 4 is 11.9 Å². The van der Waals surface area contributed by atoms with E-state index in [-0.39, 0.29) is 18.9 Å². The average Bonchev–Trinajstić information content (AvgIpc) is 2.53. The molecule has 6 nitrogen and oxygen atoms in total. The number of nitrogens with zero attached hydrogens (tertiary/aromatic N) is 1. The first kappa shape index (κ1) is 12.9. The molecule has 1 aliphatic heterocycles. The van der Waals surface area contributed by atoms with Crippen LogP contribution in [0.15, 0.2) is 0 Å². The third kappa shape index (κ3) is 5.50. The smallest absolute Gasteiger partial charge is 0.407 e. The summed E-state index contributed by atoms with van der Waals surface area (Å²) in [4.78, 5) is 21.7. The molecule has 14 heavy (non-hydrogen) atoms. The van der Waals surface area contributed by atoms with E-state index in [9.17, 15) is 9.59 Å². The van der Waals surface area contributed by atoms with Crippen LogP contribution in [0.1, 0.15) is 13.3 Å². The first-order chi connectivity index (χ1) is 6.47. The van der Waals surface area contributed by atoms with Crippen LogP contribution in [0.3, 0.4) is 0 Å². The van der Waals surface area contributed by atoms with E-state index < -0.39 is 12.2 Å². The molecule has 1 atom stereocenters. The fraction of sp³-hybridized carbons (Fsp3) is 0.750. The van der Waals surface area contributed by atoms with Crippen LogP contribution in [0.2, 0.25) is 0 Å². The lowest BCUT2D eigenvalue weighted by atomic mass is 10.4. The molecule has 0 aromatic rings. The van der Waals surface area contributed by atoms with Crippen LogP contribution in [0.4, 0.5) is 4.79 Å². The van der Waals surface area contributed by atoms with Gasteiger partial charge in [0.05, 0.1) is 19.3 Å². The number of carboxylic acid groups (broad SMARTS) is 1. The van der Waals surface area contributed by atoms with Gasteiger partial charge in [0.2, 0.25) is 0 Å². The monoisotopic (exact) mass is 205 g/mol. The van der Waals surface area contributed by atoms with Gasteiger partial charge in [-0.15, -0.1) is 0 Å². The predicted molar refractivity (Wildman–Crippen MR) is 48.0 cm³/mol. The standard InChI is InChI=1S/C5H7NO3.C3H8O2/c7-4-1-2-6(3-4)5(8)9;1-3(5)2-4/h1-3H2,(H,8,9);3-5H,2H2,1H3. The Kier molecular flexibility index (Phi) is 5.82. The number of likely N-dealkylation sites (tertiary alicyclic amines) is 1. The summed E-state index contributed by atoms with van der Waals surface area (Å²) < 4.78 is 0. The molecule has 6 heteroatoms. The minimum absolute atomic E-state index is 0.0115. The van der Waals surface area contributed by atoms with Crippen LogP contribution < -0.4 is 0 Å². The Morgan fingerprint density at radius 3 is 2.29 bits per heavy atom. The van der Waals surface area contributed by atoms with Gasteiger partial charge in [-0.25, -0.2) is 4.79 Å². The van der Waals surface area contributed by atoms with Crippen molar-refractivity contribution in [1.82, 2.24) is 4.90 Å². The van der Waals surface area contributed by atoms with Gasteiger partial charge in [-0.1, -0.05) is 0 Å². The van der Waals surface area contributed by atoms with E-state index in [1.165, 1.54) is 6.92 Å². The van der Waals surface area contributed by atoms with E-state index in [1.807, 2.05) is 0 Å². The van der Waals surface area contributed by atoms with E-state index in [1.54, 1.807) is 0 Å². The van der Waals surface area contributed by atoms with Gasteiger partial charge in [-0.3, -0.25) is 4.79 Å². The highest BCUT2D eigenvalue weighted by atomic mass is 16.4. The molecule has 1 rings (SSSR count). The fourth-order valence-corrected chi connectivity index (χ4v) is 0.794. The highest BCUT2D eigenvalue weighted by molar-refractivity contribution is 5.86. The lowest BCUT2D eigenvalue weighted by molar-refractivity contribution is -0.116. The molecular formula is C8H15NO5. The summed E-state index contributed by atoms with van der Waals surface area (Å²) >= 11 is 0. The molecule has 0 aliphatic carbocycles. The largest absolute Gasteiger partial charge is 0.465 e. The van der Waals surface area contributed by atoms with Crippen LogP contribution in [-0.2, 0) is 4.79 Å². The minimum atomic E-state index is -0.999. The summed E-state index contributed by atoms with van der Waals surface area (Å²) in [5.74, 6) is 0.0115. The van der Waals surface area contributed by atoms with Crippen molar-refractivity contribution < 1.29 is 24.9 Å². The Balaban J connectivity index is 0.000000292. The molecule has 1 saturated heterocycles. The third-order valence-electron chi connectivity index (χ3n) is 1.56. The van der Waals surface area contributed by atoms with Gasteiger partial charge >= 0.3 is 6.09 Å². The topological polar surface area (TPSA) is 98.1 Å². The van der Waals surface area contributed by atoms with Crippen molar-refractivity contribution in [2.75, 3.05) is 19.7 Å². The van der Waals surface area contributed by atoms with Crippen molar-refractivity contribution in [3.05, 3.63) is 0 Å². The number of ketones is 1. The molecule has 1 amide bonds. The quantitative estimate of drug-likeness (QED) is 0.525. The van der Waals surface area contributed by atoms with Crippen molar-refractivity contribution in [3.8, 4) is 0 Å². The molecule has 1 fully saturated rings. The van der Waals surface area contributed by atoms with Crippen LogP contribution in [-0.4, -0.2) is 57.9 Å². The predicted octanol–water partition coefficient (Wildman–Crippen LogP) is -0.701. The second-order valence-corrected chi connectivity index (χ2v) is 3.02. The number of hydrogen-bond donors (Lipinski definition) is 3. The number of amides is 1. The maximum absolute atomic E-state index is 10.5. The number of carbonyl (C=O) groups excluding carboxylic acids is 1. The van der Waals surface area contributed by atoms with E-state index >= 15 is 0 Å². The zero-order valence-corrected chi connectivity index (χ0v) is 8.01. The molecule has 3 N–H and O–H groups in total. The number of aliphatic hydroxyl groups excluding tert-OH is 2. The molecule has 0 spiro atoms. The molecule has 0 radical (unpaired) electrons. The van der Waals surface area contributed by atoms with E-state index in [2.05, 4.69) is 0 Å². The Morgan fingerprint density at radius 2 is 2.14 bits per heavy atom. The number of Topliss-reactive ketones (excluding diaryl/α,β-unsaturated/α-hetero) is 1. The highest BCUT2D eigenvalue weighted by Crippen LogP contribution is 2.02. The van der Waals surface area contributed by atoms with Gasteiger partial charge < -0.3 is 20.2 Å². The molecule has 82 valence electrons. The van der Waals surface area contributed by atoms with Crippen molar-refractivity contribution in [2.45, 2.75) is 19.4 Å². The average molecular weight is 205 g/mol. The normalized spacial score (nSPS) is 17.4. The van der Waals surface area contributed by atoms with Crippen LogP contribution in [0.5, 0.6) is 0 Å². The van der Waals surface area contributed by atoms with Gasteiger partial charge in [-0.2, -0.15) is 0 Å². The van der Waals surface area contributed by atoms with E-state index in [0.717, 1.165) is 4.90 Å². The Bertz CT molecular complexity index is 204. The number of carbonyl (C=O) groups is 2. The van der Waals surface area contributed by atoms with Crippen LogP contribution >= 0.6 is 0 Å². The van der Waals surface area contributed by atoms with Gasteiger partial charge in [0.1, 0.15) is 0 Å². The van der Waals surface area contributed by atoms with Gasteiger partial charge in [0.25, 0.3) is 0 Å². The highest BCUT2D eigenvalue weighted by Gasteiger charge is 2.22. The lowest BCUT2D eigenvalue weighted by Gasteiger charge is -2.06. The second kappa shape index (κ2) is 6.33. The molecule has 1 unspecified atom stereocenters. The van der Waals surface area contributed by atoms with Crippen molar-refractivity contribution in [3.63, 3.8) is 0 Å². The first-order valence-corrected chi connectivity index (χ1v) is 4.26. The zero-order valence-electron chi connectivity index (χ0n) is 8.01. The summed E-state index contributed by atoms with van der Waals surface area (Å²) in [6, 6.07) is 0. The molecule has 0 aromatic heterocycles. The summed E-state index contributed by atoms with van der Waals surface area (Å²) in [5, 5.41) is 24.3. The molecule has 0 bridgehead atoms. The van der Waals surface area contributed by atoms with E-state index in [0.29, 0.717) is 13.0 Å². The number of rotatable bonds is 1. The maximum Gasteiger partial charge on any atom is 0.407 e. The van der Waals surface area contributed by atoms with Crippen molar-refractivity contribution in [2.24, 2.45) is 0 Å².